The Morgan fingerprint density at radius 3 is 2.76 bits per heavy atom. The molecule has 8 nitrogen and oxygen atoms in total. The molecule has 2 amide bonds. The minimum atomic E-state index is -3.76. The van der Waals surface area contributed by atoms with Crippen LogP contribution in [-0.2, 0) is 26.0 Å². The van der Waals surface area contributed by atoms with Crippen LogP contribution in [0.3, 0.4) is 0 Å². The minimum absolute atomic E-state index is 0.0560. The van der Waals surface area contributed by atoms with Gasteiger partial charge in [0.25, 0.3) is 0 Å². The number of aryl methyl sites for hydroxylation is 2. The maximum Gasteiger partial charge on any atom is 0.243 e. The van der Waals surface area contributed by atoms with E-state index in [1.807, 2.05) is 19.1 Å². The molecule has 0 radical (unpaired) electrons. The first-order valence-corrected chi connectivity index (χ1v) is 12.6. The van der Waals surface area contributed by atoms with Crippen LogP contribution in [0.1, 0.15) is 36.8 Å². The molecule has 2 heterocycles. The van der Waals surface area contributed by atoms with Crippen LogP contribution in [0, 0.1) is 12.8 Å². The van der Waals surface area contributed by atoms with Crippen LogP contribution in [0.5, 0.6) is 5.75 Å². The summed E-state index contributed by atoms with van der Waals surface area (Å²) in [6, 6.07) is 10.4. The third-order valence-electron chi connectivity index (χ3n) is 6.21. The Bertz CT molecular complexity index is 1180. The van der Waals surface area contributed by atoms with Gasteiger partial charge in [0.2, 0.25) is 21.8 Å². The van der Waals surface area contributed by atoms with E-state index in [4.69, 9.17) is 4.74 Å². The van der Waals surface area contributed by atoms with Crippen molar-refractivity contribution < 1.29 is 22.7 Å². The lowest BCUT2D eigenvalue weighted by Crippen LogP contribution is -2.43. The number of ether oxygens (including phenoxy) is 1. The third kappa shape index (κ3) is 5.04. The summed E-state index contributed by atoms with van der Waals surface area (Å²) in [5.41, 5.74) is 3.05. The molecular weight excluding hydrogens is 442 g/mol. The minimum Gasteiger partial charge on any atom is -0.495 e. The molecule has 0 saturated carbocycles. The Balaban J connectivity index is 1.51. The molecule has 0 bridgehead atoms. The summed E-state index contributed by atoms with van der Waals surface area (Å²) in [5.74, 6) is -0.173. The third-order valence-corrected chi connectivity index (χ3v) is 8.07. The van der Waals surface area contributed by atoms with E-state index in [0.29, 0.717) is 55.8 Å². The van der Waals surface area contributed by atoms with Crippen LogP contribution < -0.4 is 15.4 Å². The van der Waals surface area contributed by atoms with Gasteiger partial charge in [-0.2, -0.15) is 4.31 Å². The summed E-state index contributed by atoms with van der Waals surface area (Å²) in [7, 11) is -2.22. The number of benzene rings is 2. The number of hydrogen-bond donors (Lipinski definition) is 2. The van der Waals surface area contributed by atoms with Crippen molar-refractivity contribution >= 4 is 33.2 Å². The lowest BCUT2D eigenvalue weighted by atomic mass is 9.98. The lowest BCUT2D eigenvalue weighted by molar-refractivity contribution is -0.121. The largest absolute Gasteiger partial charge is 0.495 e. The number of sulfonamides is 1. The van der Waals surface area contributed by atoms with Gasteiger partial charge in [0, 0.05) is 25.2 Å². The number of amides is 2. The van der Waals surface area contributed by atoms with Crippen LogP contribution >= 0.6 is 0 Å². The molecule has 1 fully saturated rings. The summed E-state index contributed by atoms with van der Waals surface area (Å²) in [6.07, 6.45) is 2.95. The summed E-state index contributed by atoms with van der Waals surface area (Å²) in [5, 5.41) is 5.74. The number of rotatable bonds is 5. The predicted molar refractivity (Wildman–Crippen MR) is 126 cm³/mol. The van der Waals surface area contributed by atoms with E-state index in [2.05, 4.69) is 10.6 Å². The second-order valence-electron chi connectivity index (χ2n) is 8.62. The first-order valence-electron chi connectivity index (χ1n) is 11.2. The monoisotopic (exact) mass is 471 g/mol. The quantitative estimate of drug-likeness (QED) is 0.696. The molecule has 1 unspecified atom stereocenters. The van der Waals surface area contributed by atoms with Gasteiger partial charge in [-0.25, -0.2) is 8.42 Å². The average molecular weight is 472 g/mol. The number of anilines is 2. The van der Waals surface area contributed by atoms with Crippen molar-refractivity contribution in [1.29, 1.82) is 0 Å². The zero-order chi connectivity index (χ0) is 23.6. The number of nitrogens with zero attached hydrogens (tertiary/aromatic N) is 1. The second kappa shape index (κ2) is 9.52. The highest BCUT2D eigenvalue weighted by molar-refractivity contribution is 7.89. The summed E-state index contributed by atoms with van der Waals surface area (Å²) >= 11 is 0. The topological polar surface area (TPSA) is 105 Å². The molecule has 2 aromatic carbocycles. The first kappa shape index (κ1) is 23.3. The van der Waals surface area contributed by atoms with Gasteiger partial charge in [-0.1, -0.05) is 6.07 Å². The maximum atomic E-state index is 13.4. The SMILES string of the molecule is COc1ccc(C)cc1NC(=O)C1CCCN(S(=O)(=O)c2ccc3c(c2)CCCC(=O)N3)C1. The fourth-order valence-electron chi connectivity index (χ4n) is 4.39. The molecule has 2 aliphatic rings. The smallest absolute Gasteiger partial charge is 0.243 e. The molecule has 2 N–H and O–H groups in total. The molecule has 4 rings (SSSR count). The maximum absolute atomic E-state index is 13.4. The zero-order valence-electron chi connectivity index (χ0n) is 18.9. The van der Waals surface area contributed by atoms with Gasteiger partial charge in [0.15, 0.2) is 0 Å². The van der Waals surface area contributed by atoms with Crippen molar-refractivity contribution in [1.82, 2.24) is 4.31 Å². The van der Waals surface area contributed by atoms with Crippen LogP contribution in [0.4, 0.5) is 11.4 Å². The van der Waals surface area contributed by atoms with Gasteiger partial charge in [0.05, 0.1) is 23.6 Å². The lowest BCUT2D eigenvalue weighted by Gasteiger charge is -2.31. The molecule has 0 spiro atoms. The van der Waals surface area contributed by atoms with E-state index in [1.165, 1.54) is 10.4 Å². The van der Waals surface area contributed by atoms with Gasteiger partial charge >= 0.3 is 0 Å². The van der Waals surface area contributed by atoms with E-state index >= 15 is 0 Å². The molecule has 2 aliphatic heterocycles. The molecule has 176 valence electrons. The van der Waals surface area contributed by atoms with Crippen molar-refractivity contribution in [3.8, 4) is 5.75 Å². The van der Waals surface area contributed by atoms with Crippen LogP contribution in [0.15, 0.2) is 41.3 Å². The average Bonchev–Trinajstić information content (AvgIpc) is 2.99. The van der Waals surface area contributed by atoms with Gasteiger partial charge in [-0.3, -0.25) is 9.59 Å². The molecule has 1 saturated heterocycles. The van der Waals surface area contributed by atoms with Crippen LogP contribution in [0.25, 0.3) is 0 Å². The fourth-order valence-corrected chi connectivity index (χ4v) is 5.96. The Hall–Kier alpha value is -2.91. The van der Waals surface area contributed by atoms with Gasteiger partial charge < -0.3 is 15.4 Å². The van der Waals surface area contributed by atoms with Crippen molar-refractivity contribution in [2.45, 2.75) is 43.9 Å². The molecule has 1 atom stereocenters. The van der Waals surface area contributed by atoms with Gasteiger partial charge in [-0.15, -0.1) is 0 Å². The van der Waals surface area contributed by atoms with Gasteiger partial charge in [0.1, 0.15) is 5.75 Å². The van der Waals surface area contributed by atoms with Crippen molar-refractivity contribution in [2.24, 2.45) is 5.92 Å². The normalized spacial score (nSPS) is 19.2. The van der Waals surface area contributed by atoms with E-state index in [0.717, 1.165) is 11.1 Å². The number of carbonyl (C=O) groups excluding carboxylic acids is 2. The highest BCUT2D eigenvalue weighted by Crippen LogP contribution is 2.30. The van der Waals surface area contributed by atoms with Crippen molar-refractivity contribution in [2.75, 3.05) is 30.8 Å². The summed E-state index contributed by atoms with van der Waals surface area (Å²) < 4.78 is 33.5. The molecule has 2 aromatic rings. The van der Waals surface area contributed by atoms with Crippen molar-refractivity contribution in [3.63, 3.8) is 0 Å². The second-order valence-corrected chi connectivity index (χ2v) is 10.6. The molecular formula is C24H29N3O5S. The van der Waals surface area contributed by atoms with E-state index in [1.54, 1.807) is 25.3 Å². The van der Waals surface area contributed by atoms with Crippen LogP contribution in [-0.4, -0.2) is 44.7 Å². The van der Waals surface area contributed by atoms with E-state index in [-0.39, 0.29) is 23.3 Å². The Kier molecular flexibility index (Phi) is 6.71. The molecule has 33 heavy (non-hydrogen) atoms. The predicted octanol–water partition coefficient (Wildman–Crippen LogP) is 3.32. The Labute approximate surface area is 194 Å². The molecule has 0 aromatic heterocycles. The first-order chi connectivity index (χ1) is 15.8. The summed E-state index contributed by atoms with van der Waals surface area (Å²) in [4.78, 5) is 25.0. The Morgan fingerprint density at radius 2 is 1.97 bits per heavy atom. The highest BCUT2D eigenvalue weighted by atomic mass is 32.2. The molecule has 9 heteroatoms. The number of methoxy groups -OCH3 is 1. The number of piperidine rings is 1. The fraction of sp³-hybridized carbons (Fsp3) is 0.417. The number of fused-ring (bicyclic) bond motifs is 1. The number of carbonyl (C=O) groups is 2. The number of hydrogen-bond acceptors (Lipinski definition) is 5. The standard InChI is InChI=1S/C24H29N3O5S/c1-16-8-11-22(32-2)21(13-16)26-24(29)18-6-4-12-27(15-18)33(30,31)19-9-10-20-17(14-19)5-3-7-23(28)25-20/h8-11,13-14,18H,3-7,12,15H2,1-2H3,(H,25,28)(H,26,29). The van der Waals surface area contributed by atoms with Crippen molar-refractivity contribution in [3.05, 3.63) is 47.5 Å². The van der Waals surface area contributed by atoms with E-state index in [9.17, 15) is 18.0 Å². The summed E-state index contributed by atoms with van der Waals surface area (Å²) in [6.45, 7) is 2.42. The van der Waals surface area contributed by atoms with Gasteiger partial charge in [-0.05, 0) is 74.1 Å². The number of nitrogens with one attached hydrogen (secondary N) is 2. The Morgan fingerprint density at radius 1 is 1.15 bits per heavy atom. The highest BCUT2D eigenvalue weighted by Gasteiger charge is 2.34. The molecule has 0 aliphatic carbocycles. The van der Waals surface area contributed by atoms with E-state index < -0.39 is 15.9 Å². The van der Waals surface area contributed by atoms with Crippen LogP contribution in [0.2, 0.25) is 0 Å². The zero-order valence-corrected chi connectivity index (χ0v) is 19.7.